The fraction of sp³-hybridized carbons (Fsp3) is 0.273. The minimum atomic E-state index is -0.945. The zero-order valence-electron chi connectivity index (χ0n) is 9.14. The van der Waals surface area contributed by atoms with Gasteiger partial charge in [0.25, 0.3) is 0 Å². The van der Waals surface area contributed by atoms with Gasteiger partial charge in [-0.25, -0.2) is 4.79 Å². The molecule has 17 heavy (non-hydrogen) atoms. The van der Waals surface area contributed by atoms with Gasteiger partial charge < -0.3 is 15.6 Å². The summed E-state index contributed by atoms with van der Waals surface area (Å²) in [5.74, 6) is -1.54. The van der Waals surface area contributed by atoms with Crippen molar-refractivity contribution in [2.45, 2.75) is 19.4 Å². The maximum absolute atomic E-state index is 11.3. The van der Waals surface area contributed by atoms with Gasteiger partial charge in [0.2, 0.25) is 0 Å². The van der Waals surface area contributed by atoms with Crippen LogP contribution in [0.5, 0.6) is 5.75 Å². The minimum Gasteiger partial charge on any atom is -0.506 e. The number of benzene rings is 1. The summed E-state index contributed by atoms with van der Waals surface area (Å²) in [5.41, 5.74) is 6.22. The van der Waals surface area contributed by atoms with Crippen molar-refractivity contribution in [3.05, 3.63) is 28.8 Å². The summed E-state index contributed by atoms with van der Waals surface area (Å²) in [6, 6.07) is 3.54. The quantitative estimate of drug-likeness (QED) is 0.623. The molecule has 0 fully saturated rings. The molecule has 0 heterocycles. The van der Waals surface area contributed by atoms with Gasteiger partial charge in [-0.1, -0.05) is 17.7 Å². The number of rotatable bonds is 3. The topological polar surface area (TPSA) is 89.6 Å². The Morgan fingerprint density at radius 2 is 2.18 bits per heavy atom. The van der Waals surface area contributed by atoms with Gasteiger partial charge in [-0.3, -0.25) is 4.79 Å². The van der Waals surface area contributed by atoms with Gasteiger partial charge in [-0.15, -0.1) is 0 Å². The monoisotopic (exact) mass is 257 g/mol. The molecule has 0 aromatic heterocycles. The predicted octanol–water partition coefficient (Wildman–Crippen LogP) is 1.01. The van der Waals surface area contributed by atoms with E-state index in [2.05, 4.69) is 4.74 Å². The van der Waals surface area contributed by atoms with Gasteiger partial charge in [0, 0.05) is 6.92 Å². The first-order chi connectivity index (χ1) is 7.90. The van der Waals surface area contributed by atoms with Crippen LogP contribution in [0.25, 0.3) is 0 Å². The first-order valence-electron chi connectivity index (χ1n) is 4.85. The summed E-state index contributed by atoms with van der Waals surface area (Å²) in [5, 5.41) is 9.38. The average Bonchev–Trinajstić information content (AvgIpc) is 2.22. The Bertz CT molecular complexity index is 447. The third-order valence-corrected chi connectivity index (χ3v) is 2.32. The predicted molar refractivity (Wildman–Crippen MR) is 61.6 cm³/mol. The number of phenolic OH excluding ortho intramolecular Hbond substituents is 1. The highest BCUT2D eigenvalue weighted by Gasteiger charge is 2.17. The van der Waals surface area contributed by atoms with E-state index in [9.17, 15) is 14.7 Å². The Morgan fingerprint density at radius 3 is 2.71 bits per heavy atom. The van der Waals surface area contributed by atoms with E-state index in [4.69, 9.17) is 17.3 Å². The Balaban J connectivity index is 2.67. The fourth-order valence-corrected chi connectivity index (χ4v) is 1.44. The van der Waals surface area contributed by atoms with Crippen LogP contribution < -0.4 is 5.73 Å². The van der Waals surface area contributed by atoms with E-state index >= 15 is 0 Å². The van der Waals surface area contributed by atoms with E-state index in [1.165, 1.54) is 12.1 Å². The van der Waals surface area contributed by atoms with E-state index < -0.39 is 18.0 Å². The van der Waals surface area contributed by atoms with Crippen LogP contribution in [0.1, 0.15) is 12.5 Å². The van der Waals surface area contributed by atoms with Crippen molar-refractivity contribution in [3.8, 4) is 5.75 Å². The van der Waals surface area contributed by atoms with Crippen molar-refractivity contribution < 1.29 is 19.4 Å². The standard InChI is InChI=1S/C11H12ClNO4/c1-6(14)17-11(16)9(13)5-7-2-3-10(15)8(12)4-7/h2-4,9,15H,5,13H2,1H3/t9-/m0/s1. The summed E-state index contributed by atoms with van der Waals surface area (Å²) in [6.45, 7) is 1.13. The van der Waals surface area contributed by atoms with Gasteiger partial charge in [-0.2, -0.15) is 0 Å². The number of hydrogen-bond donors (Lipinski definition) is 2. The average molecular weight is 258 g/mol. The molecule has 0 radical (unpaired) electrons. The summed E-state index contributed by atoms with van der Waals surface area (Å²) in [7, 11) is 0. The number of esters is 2. The van der Waals surface area contributed by atoms with Crippen molar-refractivity contribution in [1.82, 2.24) is 0 Å². The Kier molecular flexibility index (Phi) is 4.48. The van der Waals surface area contributed by atoms with E-state index in [-0.39, 0.29) is 17.2 Å². The Hall–Kier alpha value is -1.59. The van der Waals surface area contributed by atoms with Crippen molar-refractivity contribution in [2.24, 2.45) is 5.73 Å². The molecule has 1 rings (SSSR count). The van der Waals surface area contributed by atoms with E-state index in [1.54, 1.807) is 6.07 Å². The van der Waals surface area contributed by atoms with Crippen LogP contribution in [0.2, 0.25) is 5.02 Å². The van der Waals surface area contributed by atoms with Crippen LogP contribution in [-0.2, 0) is 20.7 Å². The number of hydrogen-bond acceptors (Lipinski definition) is 5. The second kappa shape index (κ2) is 5.65. The fourth-order valence-electron chi connectivity index (χ4n) is 1.23. The number of phenols is 1. The molecule has 0 aliphatic heterocycles. The molecule has 6 heteroatoms. The number of carbonyl (C=O) groups is 2. The van der Waals surface area contributed by atoms with Gasteiger partial charge in [0.15, 0.2) is 0 Å². The first kappa shape index (κ1) is 13.5. The van der Waals surface area contributed by atoms with Gasteiger partial charge in [-0.05, 0) is 24.1 Å². The second-order valence-corrected chi connectivity index (χ2v) is 3.92. The van der Waals surface area contributed by atoms with Crippen LogP contribution in [0.4, 0.5) is 0 Å². The minimum absolute atomic E-state index is 0.0460. The molecule has 0 saturated carbocycles. The highest BCUT2D eigenvalue weighted by Crippen LogP contribution is 2.24. The first-order valence-corrected chi connectivity index (χ1v) is 5.23. The maximum atomic E-state index is 11.3. The maximum Gasteiger partial charge on any atom is 0.330 e. The lowest BCUT2D eigenvalue weighted by Crippen LogP contribution is -2.35. The summed E-state index contributed by atoms with van der Waals surface area (Å²) < 4.78 is 4.35. The van der Waals surface area contributed by atoms with E-state index in [0.29, 0.717) is 5.56 Å². The molecule has 0 unspecified atom stereocenters. The number of nitrogens with two attached hydrogens (primary N) is 1. The molecule has 3 N–H and O–H groups in total. The third-order valence-electron chi connectivity index (χ3n) is 2.01. The summed E-state index contributed by atoms with van der Waals surface area (Å²) in [6.07, 6.45) is 0.173. The van der Waals surface area contributed by atoms with E-state index in [1.807, 2.05) is 0 Å². The molecule has 92 valence electrons. The smallest absolute Gasteiger partial charge is 0.330 e. The number of ether oxygens (including phenoxy) is 1. The molecule has 0 aliphatic carbocycles. The number of aromatic hydroxyl groups is 1. The van der Waals surface area contributed by atoms with Crippen LogP contribution in [0.15, 0.2) is 18.2 Å². The van der Waals surface area contributed by atoms with Gasteiger partial charge in [0.05, 0.1) is 5.02 Å². The lowest BCUT2D eigenvalue weighted by atomic mass is 10.1. The van der Waals surface area contributed by atoms with Crippen molar-refractivity contribution in [1.29, 1.82) is 0 Å². The molecule has 0 saturated heterocycles. The molecule has 1 aromatic rings. The van der Waals surface area contributed by atoms with Crippen LogP contribution in [0.3, 0.4) is 0 Å². The Morgan fingerprint density at radius 1 is 1.53 bits per heavy atom. The van der Waals surface area contributed by atoms with Crippen LogP contribution in [0, 0.1) is 0 Å². The summed E-state index contributed by atoms with van der Waals surface area (Å²) >= 11 is 5.70. The zero-order chi connectivity index (χ0) is 13.0. The normalized spacial score (nSPS) is 11.9. The van der Waals surface area contributed by atoms with Gasteiger partial charge in [0.1, 0.15) is 11.8 Å². The Labute approximate surface area is 103 Å². The molecule has 5 nitrogen and oxygen atoms in total. The lowest BCUT2D eigenvalue weighted by Gasteiger charge is -2.10. The molecular weight excluding hydrogens is 246 g/mol. The summed E-state index contributed by atoms with van der Waals surface area (Å²) in [4.78, 5) is 21.8. The molecule has 0 spiro atoms. The second-order valence-electron chi connectivity index (χ2n) is 3.51. The molecule has 0 aliphatic rings. The molecule has 0 bridgehead atoms. The van der Waals surface area contributed by atoms with E-state index in [0.717, 1.165) is 6.92 Å². The molecule has 0 amide bonds. The molecule has 1 aromatic carbocycles. The molecule has 1 atom stereocenters. The number of carbonyl (C=O) groups excluding carboxylic acids is 2. The third kappa shape index (κ3) is 4.05. The zero-order valence-corrected chi connectivity index (χ0v) is 9.90. The van der Waals surface area contributed by atoms with Crippen LogP contribution >= 0.6 is 11.6 Å². The van der Waals surface area contributed by atoms with Crippen LogP contribution in [-0.4, -0.2) is 23.1 Å². The number of halogens is 1. The van der Waals surface area contributed by atoms with Gasteiger partial charge >= 0.3 is 11.9 Å². The highest BCUT2D eigenvalue weighted by atomic mass is 35.5. The highest BCUT2D eigenvalue weighted by molar-refractivity contribution is 6.32. The SMILES string of the molecule is CC(=O)OC(=O)[C@@H](N)Cc1ccc(O)c(Cl)c1. The molecular formula is C11H12ClNO4. The van der Waals surface area contributed by atoms with Crippen molar-refractivity contribution in [2.75, 3.05) is 0 Å². The van der Waals surface area contributed by atoms with Crippen molar-refractivity contribution in [3.63, 3.8) is 0 Å². The largest absolute Gasteiger partial charge is 0.506 e. The lowest BCUT2D eigenvalue weighted by molar-refractivity contribution is -0.159. The van der Waals surface area contributed by atoms with Crippen molar-refractivity contribution >= 4 is 23.5 Å².